The van der Waals surface area contributed by atoms with E-state index in [0.717, 1.165) is 25.1 Å². The second-order valence-corrected chi connectivity index (χ2v) is 5.85. The molecule has 0 spiro atoms. The molecule has 1 saturated heterocycles. The Morgan fingerprint density at radius 1 is 1.50 bits per heavy atom. The maximum atomic E-state index is 11.6. The molecule has 2 heterocycles. The van der Waals surface area contributed by atoms with Crippen LogP contribution in [0.1, 0.15) is 37.8 Å². The lowest BCUT2D eigenvalue weighted by atomic mass is 9.84. The zero-order valence-corrected chi connectivity index (χ0v) is 11.8. The van der Waals surface area contributed by atoms with Crippen molar-refractivity contribution in [3.63, 3.8) is 0 Å². The minimum absolute atomic E-state index is 0.299. The molecule has 20 heavy (non-hydrogen) atoms. The Morgan fingerprint density at radius 3 is 3.00 bits per heavy atom. The number of rotatable bonds is 3. The Kier molecular flexibility index (Phi) is 3.42. The van der Waals surface area contributed by atoms with Crippen molar-refractivity contribution in [2.75, 3.05) is 19.7 Å². The van der Waals surface area contributed by atoms with Crippen molar-refractivity contribution < 1.29 is 14.6 Å². The molecule has 1 aromatic carbocycles. The average molecular weight is 275 g/mol. The van der Waals surface area contributed by atoms with Gasteiger partial charge in [-0.2, -0.15) is 0 Å². The van der Waals surface area contributed by atoms with Crippen molar-refractivity contribution >= 4 is 5.97 Å². The van der Waals surface area contributed by atoms with Crippen LogP contribution >= 0.6 is 0 Å². The standard InChI is InChI=1S/C16H21NO3/c1-2-16(15(18)19)8-9-17(11-16)13-7-10-20-14-6-4-3-5-12(13)14/h3-6,13H,2,7-11H2,1H3,(H,18,19). The van der Waals surface area contributed by atoms with Crippen molar-refractivity contribution in [2.24, 2.45) is 5.41 Å². The van der Waals surface area contributed by atoms with Crippen LogP contribution in [0.3, 0.4) is 0 Å². The summed E-state index contributed by atoms with van der Waals surface area (Å²) in [7, 11) is 0. The highest BCUT2D eigenvalue weighted by atomic mass is 16.5. The van der Waals surface area contributed by atoms with Crippen LogP contribution in [0.25, 0.3) is 0 Å². The van der Waals surface area contributed by atoms with Gasteiger partial charge < -0.3 is 9.84 Å². The maximum absolute atomic E-state index is 11.6. The summed E-state index contributed by atoms with van der Waals surface area (Å²) in [5.41, 5.74) is 0.642. The fourth-order valence-corrected chi connectivity index (χ4v) is 3.49. The third-order valence-corrected chi connectivity index (χ3v) is 4.88. The molecular weight excluding hydrogens is 254 g/mol. The van der Waals surface area contributed by atoms with Crippen LogP contribution in [-0.2, 0) is 4.79 Å². The van der Waals surface area contributed by atoms with E-state index in [2.05, 4.69) is 11.0 Å². The summed E-state index contributed by atoms with van der Waals surface area (Å²) in [4.78, 5) is 13.9. The van der Waals surface area contributed by atoms with Crippen molar-refractivity contribution in [1.29, 1.82) is 0 Å². The van der Waals surface area contributed by atoms with Gasteiger partial charge in [0.25, 0.3) is 0 Å². The molecule has 2 atom stereocenters. The first-order valence-electron chi connectivity index (χ1n) is 7.35. The molecule has 0 aromatic heterocycles. The number of nitrogens with zero attached hydrogens (tertiary/aromatic N) is 1. The number of hydrogen-bond acceptors (Lipinski definition) is 3. The van der Waals surface area contributed by atoms with Crippen molar-refractivity contribution in [1.82, 2.24) is 4.90 Å². The number of benzene rings is 1. The summed E-state index contributed by atoms with van der Waals surface area (Å²) >= 11 is 0. The van der Waals surface area contributed by atoms with Gasteiger partial charge in [-0.3, -0.25) is 9.69 Å². The van der Waals surface area contributed by atoms with Crippen LogP contribution in [-0.4, -0.2) is 35.7 Å². The third-order valence-electron chi connectivity index (χ3n) is 4.88. The SMILES string of the molecule is CCC1(C(=O)O)CCN(C2CCOc3ccccc32)C1. The Labute approximate surface area is 119 Å². The highest BCUT2D eigenvalue weighted by Crippen LogP contribution is 2.42. The first-order valence-corrected chi connectivity index (χ1v) is 7.35. The monoisotopic (exact) mass is 275 g/mol. The van der Waals surface area contributed by atoms with Crippen LogP contribution in [0.5, 0.6) is 5.75 Å². The Balaban J connectivity index is 1.84. The quantitative estimate of drug-likeness (QED) is 0.921. The summed E-state index contributed by atoms with van der Waals surface area (Å²) in [5.74, 6) is 0.302. The topological polar surface area (TPSA) is 49.8 Å². The highest BCUT2D eigenvalue weighted by molar-refractivity contribution is 5.75. The van der Waals surface area contributed by atoms with Crippen LogP contribution in [0.15, 0.2) is 24.3 Å². The summed E-state index contributed by atoms with van der Waals surface area (Å²) in [6.45, 7) is 4.21. The van der Waals surface area contributed by atoms with Gasteiger partial charge in [0.1, 0.15) is 5.75 Å². The van der Waals surface area contributed by atoms with E-state index < -0.39 is 11.4 Å². The average Bonchev–Trinajstić information content (AvgIpc) is 2.92. The van der Waals surface area contributed by atoms with Gasteiger partial charge in [-0.1, -0.05) is 25.1 Å². The molecule has 2 aliphatic heterocycles. The fraction of sp³-hybridized carbons (Fsp3) is 0.562. The van der Waals surface area contributed by atoms with Gasteiger partial charge in [-0.25, -0.2) is 0 Å². The van der Waals surface area contributed by atoms with E-state index in [9.17, 15) is 9.90 Å². The number of hydrogen-bond donors (Lipinski definition) is 1. The zero-order chi connectivity index (χ0) is 14.2. The van der Waals surface area contributed by atoms with E-state index in [1.165, 1.54) is 5.56 Å². The predicted molar refractivity (Wildman–Crippen MR) is 75.8 cm³/mol. The van der Waals surface area contributed by atoms with E-state index in [-0.39, 0.29) is 0 Å². The number of carboxylic acid groups (broad SMARTS) is 1. The van der Waals surface area contributed by atoms with Crippen LogP contribution in [0.2, 0.25) is 0 Å². The fourth-order valence-electron chi connectivity index (χ4n) is 3.49. The van der Waals surface area contributed by atoms with Gasteiger partial charge in [0.05, 0.1) is 12.0 Å². The number of aliphatic carboxylic acids is 1. The van der Waals surface area contributed by atoms with Crippen LogP contribution in [0, 0.1) is 5.41 Å². The summed E-state index contributed by atoms with van der Waals surface area (Å²) in [6.07, 6.45) is 2.39. The summed E-state index contributed by atoms with van der Waals surface area (Å²) in [6, 6.07) is 8.42. The second kappa shape index (κ2) is 5.09. The van der Waals surface area contributed by atoms with Crippen molar-refractivity contribution in [2.45, 2.75) is 32.2 Å². The number of carbonyl (C=O) groups is 1. The molecule has 4 heteroatoms. The van der Waals surface area contributed by atoms with Crippen LogP contribution < -0.4 is 4.74 Å². The third kappa shape index (κ3) is 2.08. The minimum atomic E-state index is -0.650. The number of ether oxygens (including phenoxy) is 1. The minimum Gasteiger partial charge on any atom is -0.493 e. The molecule has 0 amide bonds. The molecule has 108 valence electrons. The molecule has 3 rings (SSSR count). The first-order chi connectivity index (χ1) is 9.66. The smallest absolute Gasteiger partial charge is 0.310 e. The van der Waals surface area contributed by atoms with E-state index in [1.807, 2.05) is 25.1 Å². The van der Waals surface area contributed by atoms with Gasteiger partial charge >= 0.3 is 5.97 Å². The van der Waals surface area contributed by atoms with Crippen molar-refractivity contribution in [3.8, 4) is 5.75 Å². The number of para-hydroxylation sites is 1. The molecule has 0 radical (unpaired) electrons. The normalized spacial score (nSPS) is 29.8. The molecular formula is C16H21NO3. The molecule has 2 unspecified atom stereocenters. The van der Waals surface area contributed by atoms with Gasteiger partial charge in [-0.15, -0.1) is 0 Å². The molecule has 0 saturated carbocycles. The van der Waals surface area contributed by atoms with E-state index in [4.69, 9.17) is 4.74 Å². The second-order valence-electron chi connectivity index (χ2n) is 5.85. The molecule has 1 fully saturated rings. The maximum Gasteiger partial charge on any atom is 0.310 e. The predicted octanol–water partition coefficient (Wildman–Crippen LogP) is 2.70. The van der Waals surface area contributed by atoms with Gasteiger partial charge in [0.15, 0.2) is 0 Å². The Morgan fingerprint density at radius 2 is 2.30 bits per heavy atom. The summed E-state index contributed by atoms with van der Waals surface area (Å²) < 4.78 is 5.70. The highest BCUT2D eigenvalue weighted by Gasteiger charge is 2.45. The van der Waals surface area contributed by atoms with Gasteiger partial charge in [0.2, 0.25) is 0 Å². The molecule has 1 aromatic rings. The van der Waals surface area contributed by atoms with E-state index in [1.54, 1.807) is 0 Å². The molecule has 0 bridgehead atoms. The largest absolute Gasteiger partial charge is 0.493 e. The number of fused-ring (bicyclic) bond motifs is 1. The molecule has 2 aliphatic rings. The number of carboxylic acids is 1. The Bertz CT molecular complexity index is 516. The van der Waals surface area contributed by atoms with E-state index >= 15 is 0 Å². The first kappa shape index (κ1) is 13.4. The molecule has 1 N–H and O–H groups in total. The molecule has 4 nitrogen and oxygen atoms in total. The van der Waals surface area contributed by atoms with Gasteiger partial charge in [-0.05, 0) is 25.5 Å². The lowest BCUT2D eigenvalue weighted by molar-refractivity contribution is -0.148. The van der Waals surface area contributed by atoms with E-state index in [0.29, 0.717) is 25.6 Å². The van der Waals surface area contributed by atoms with Gasteiger partial charge in [0, 0.05) is 24.6 Å². The molecule has 0 aliphatic carbocycles. The van der Waals surface area contributed by atoms with Crippen molar-refractivity contribution in [3.05, 3.63) is 29.8 Å². The summed E-state index contributed by atoms with van der Waals surface area (Å²) in [5, 5.41) is 9.52. The Hall–Kier alpha value is -1.55. The lowest BCUT2D eigenvalue weighted by Crippen LogP contribution is -2.36. The number of likely N-dealkylation sites (tertiary alicyclic amines) is 1. The zero-order valence-electron chi connectivity index (χ0n) is 11.8. The van der Waals surface area contributed by atoms with Crippen LogP contribution in [0.4, 0.5) is 0 Å². The lowest BCUT2D eigenvalue weighted by Gasteiger charge is -2.34.